The van der Waals surface area contributed by atoms with E-state index in [4.69, 9.17) is 5.73 Å². The van der Waals surface area contributed by atoms with E-state index in [0.717, 1.165) is 25.5 Å². The van der Waals surface area contributed by atoms with Crippen molar-refractivity contribution >= 4 is 19.9 Å². The minimum absolute atomic E-state index is 0.0283. The highest BCUT2D eigenvalue weighted by molar-refractivity contribution is 7.91. The lowest BCUT2D eigenvalue weighted by Crippen LogP contribution is -2.40. The van der Waals surface area contributed by atoms with Gasteiger partial charge in [-0.05, 0) is 62.4 Å². The van der Waals surface area contributed by atoms with Crippen LogP contribution in [-0.4, -0.2) is 35.7 Å². The Morgan fingerprint density at radius 3 is 2.30 bits per heavy atom. The lowest BCUT2D eigenvalue weighted by Gasteiger charge is -2.21. The summed E-state index contributed by atoms with van der Waals surface area (Å²) in [5.41, 5.74) is 6.56. The Morgan fingerprint density at radius 2 is 1.74 bits per heavy atom. The van der Waals surface area contributed by atoms with E-state index in [9.17, 15) is 16.8 Å². The summed E-state index contributed by atoms with van der Waals surface area (Å²) in [5.74, 6) is 0.129. The van der Waals surface area contributed by atoms with Crippen LogP contribution in [0.3, 0.4) is 0 Å². The Balaban J connectivity index is 2.46. The molecule has 1 aromatic carbocycles. The lowest BCUT2D eigenvalue weighted by atomic mass is 10.1. The van der Waals surface area contributed by atoms with Crippen molar-refractivity contribution in [1.82, 2.24) is 4.72 Å². The zero-order valence-electron chi connectivity index (χ0n) is 13.7. The summed E-state index contributed by atoms with van der Waals surface area (Å²) >= 11 is 0. The molecule has 1 saturated carbocycles. The molecule has 1 aromatic rings. The fourth-order valence-corrected chi connectivity index (χ4v) is 6.01. The van der Waals surface area contributed by atoms with E-state index in [1.165, 1.54) is 19.1 Å². The average molecular weight is 361 g/mol. The van der Waals surface area contributed by atoms with Crippen LogP contribution in [0.5, 0.6) is 0 Å². The Kier molecular flexibility index (Phi) is 5.20. The largest absolute Gasteiger partial charge is 0.330 e. The van der Waals surface area contributed by atoms with Gasteiger partial charge in [-0.3, -0.25) is 0 Å². The molecule has 0 saturated heterocycles. The van der Waals surface area contributed by atoms with Crippen LogP contribution in [0, 0.1) is 19.8 Å². The summed E-state index contributed by atoms with van der Waals surface area (Å²) in [6.07, 6.45) is 3.69. The second-order valence-corrected chi connectivity index (χ2v) is 9.98. The zero-order valence-corrected chi connectivity index (χ0v) is 15.3. The van der Waals surface area contributed by atoms with Gasteiger partial charge in [0.2, 0.25) is 10.0 Å². The number of rotatable bonds is 5. The van der Waals surface area contributed by atoms with Crippen molar-refractivity contribution < 1.29 is 16.8 Å². The van der Waals surface area contributed by atoms with Gasteiger partial charge in [0.15, 0.2) is 9.84 Å². The maximum Gasteiger partial charge on any atom is 0.241 e. The van der Waals surface area contributed by atoms with Crippen molar-refractivity contribution in [2.24, 2.45) is 11.7 Å². The molecule has 0 aromatic heterocycles. The van der Waals surface area contributed by atoms with E-state index >= 15 is 0 Å². The van der Waals surface area contributed by atoms with Gasteiger partial charge in [0, 0.05) is 12.3 Å². The summed E-state index contributed by atoms with van der Waals surface area (Å²) in [4.78, 5) is 0.0836. The number of nitrogens with two attached hydrogens (primary N) is 1. The number of hydrogen-bond donors (Lipinski definition) is 2. The number of hydrogen-bond acceptors (Lipinski definition) is 5. The molecule has 0 radical (unpaired) electrons. The predicted molar refractivity (Wildman–Crippen MR) is 89.5 cm³/mol. The Hall–Kier alpha value is -0.960. The minimum atomic E-state index is -3.79. The van der Waals surface area contributed by atoms with Crippen molar-refractivity contribution in [3.8, 4) is 0 Å². The highest BCUT2D eigenvalue weighted by Gasteiger charge is 2.32. The van der Waals surface area contributed by atoms with Gasteiger partial charge in [0.25, 0.3) is 0 Å². The van der Waals surface area contributed by atoms with Crippen LogP contribution in [-0.2, 0) is 19.9 Å². The summed E-state index contributed by atoms with van der Waals surface area (Å²) in [5, 5.41) is 0. The van der Waals surface area contributed by atoms with Gasteiger partial charge in [0.05, 0.1) is 9.79 Å². The highest BCUT2D eigenvalue weighted by atomic mass is 32.2. The normalized spacial score (nSPS) is 22.4. The molecule has 8 heteroatoms. The van der Waals surface area contributed by atoms with Crippen LogP contribution in [0.1, 0.15) is 30.4 Å². The van der Waals surface area contributed by atoms with Gasteiger partial charge < -0.3 is 5.73 Å². The fourth-order valence-electron chi connectivity index (χ4n) is 3.19. The van der Waals surface area contributed by atoms with Gasteiger partial charge in [-0.15, -0.1) is 0 Å². The molecule has 0 bridgehead atoms. The molecule has 0 heterocycles. The second-order valence-electron chi connectivity index (χ2n) is 6.31. The van der Waals surface area contributed by atoms with Crippen molar-refractivity contribution in [1.29, 1.82) is 0 Å². The van der Waals surface area contributed by atoms with Gasteiger partial charge in [-0.25, -0.2) is 21.6 Å². The number of nitrogens with one attached hydrogen (secondary N) is 1. The molecule has 1 aliphatic carbocycles. The third-order valence-electron chi connectivity index (χ3n) is 4.41. The number of benzene rings is 1. The van der Waals surface area contributed by atoms with E-state index in [0.29, 0.717) is 12.1 Å². The van der Waals surface area contributed by atoms with E-state index in [-0.39, 0.29) is 27.3 Å². The lowest BCUT2D eigenvalue weighted by molar-refractivity contribution is 0.452. The zero-order chi connectivity index (χ0) is 17.4. The van der Waals surface area contributed by atoms with Gasteiger partial charge >= 0.3 is 0 Å². The monoisotopic (exact) mass is 360 g/mol. The van der Waals surface area contributed by atoms with Crippen LogP contribution < -0.4 is 10.5 Å². The first-order valence-corrected chi connectivity index (χ1v) is 11.0. The standard InChI is InChI=1S/C15H24N2O4S2/c1-10-7-14(22(3,18)19)11(2)15(8-10)23(20,21)17-13-6-4-5-12(13)9-16/h7-8,12-13,17H,4-6,9,16H2,1-3H3. The van der Waals surface area contributed by atoms with E-state index in [1.807, 2.05) is 0 Å². The Labute approximate surface area is 138 Å². The molecule has 0 aliphatic heterocycles. The molecule has 6 nitrogen and oxygen atoms in total. The molecule has 0 spiro atoms. The minimum Gasteiger partial charge on any atom is -0.330 e. The van der Waals surface area contributed by atoms with Gasteiger partial charge in [-0.2, -0.15) is 0 Å². The van der Waals surface area contributed by atoms with Crippen LogP contribution >= 0.6 is 0 Å². The highest BCUT2D eigenvalue weighted by Crippen LogP contribution is 2.29. The van der Waals surface area contributed by atoms with Gasteiger partial charge in [0.1, 0.15) is 0 Å². The molecule has 23 heavy (non-hydrogen) atoms. The first-order chi connectivity index (χ1) is 10.6. The molecule has 1 fully saturated rings. The predicted octanol–water partition coefficient (Wildman–Crippen LogP) is 1.11. The fraction of sp³-hybridized carbons (Fsp3) is 0.600. The molecule has 130 valence electrons. The van der Waals surface area contributed by atoms with Gasteiger partial charge in [-0.1, -0.05) is 6.42 Å². The van der Waals surface area contributed by atoms with E-state index < -0.39 is 19.9 Å². The van der Waals surface area contributed by atoms with Crippen LogP contribution in [0.15, 0.2) is 21.9 Å². The quantitative estimate of drug-likeness (QED) is 0.818. The first kappa shape index (κ1) is 18.4. The van der Waals surface area contributed by atoms with Crippen LogP contribution in [0.4, 0.5) is 0 Å². The van der Waals surface area contributed by atoms with E-state index in [2.05, 4.69) is 4.72 Å². The SMILES string of the molecule is Cc1cc(S(C)(=O)=O)c(C)c(S(=O)(=O)NC2CCCC2CN)c1. The summed E-state index contributed by atoms with van der Waals surface area (Å²) in [6, 6.07) is 2.83. The Morgan fingerprint density at radius 1 is 1.13 bits per heavy atom. The third-order valence-corrected chi connectivity index (χ3v) is 7.25. The molecule has 1 aliphatic rings. The molecule has 3 N–H and O–H groups in total. The van der Waals surface area contributed by atoms with Crippen molar-refractivity contribution in [3.05, 3.63) is 23.3 Å². The smallest absolute Gasteiger partial charge is 0.241 e. The first-order valence-electron chi connectivity index (χ1n) is 7.60. The van der Waals surface area contributed by atoms with E-state index in [1.54, 1.807) is 6.92 Å². The second kappa shape index (κ2) is 6.51. The maximum absolute atomic E-state index is 12.8. The molecule has 0 amide bonds. The molecular formula is C15H24N2O4S2. The third kappa shape index (κ3) is 3.93. The number of sulfonamides is 1. The molecule has 2 rings (SSSR count). The summed E-state index contributed by atoms with van der Waals surface area (Å²) in [7, 11) is -7.29. The maximum atomic E-state index is 12.8. The molecular weight excluding hydrogens is 336 g/mol. The number of sulfone groups is 1. The van der Waals surface area contributed by atoms with Crippen LogP contribution in [0.25, 0.3) is 0 Å². The topological polar surface area (TPSA) is 106 Å². The summed E-state index contributed by atoms with van der Waals surface area (Å²) < 4.78 is 52.0. The van der Waals surface area contributed by atoms with Crippen LogP contribution in [0.2, 0.25) is 0 Å². The number of aryl methyl sites for hydroxylation is 1. The Bertz CT molecular complexity index is 801. The average Bonchev–Trinajstić information content (AvgIpc) is 2.86. The van der Waals surface area contributed by atoms with Crippen molar-refractivity contribution in [2.75, 3.05) is 12.8 Å². The van der Waals surface area contributed by atoms with Crippen molar-refractivity contribution in [3.63, 3.8) is 0 Å². The summed E-state index contributed by atoms with van der Waals surface area (Å²) in [6.45, 7) is 3.65. The van der Waals surface area contributed by atoms with Crippen molar-refractivity contribution in [2.45, 2.75) is 48.9 Å². The molecule has 2 atom stereocenters. The molecule has 2 unspecified atom stereocenters.